The number of piperidine rings is 1. The van der Waals surface area contributed by atoms with E-state index in [0.717, 1.165) is 0 Å². The molecule has 22 heavy (non-hydrogen) atoms. The molecule has 2 heterocycles. The number of hydrogen-bond acceptors (Lipinski definition) is 5. The van der Waals surface area contributed by atoms with E-state index in [4.69, 9.17) is 5.73 Å². The van der Waals surface area contributed by atoms with Gasteiger partial charge in [0.25, 0.3) is 5.91 Å². The topological polar surface area (TPSA) is 117 Å². The van der Waals surface area contributed by atoms with Gasteiger partial charge >= 0.3 is 5.97 Å². The lowest BCUT2D eigenvalue weighted by Crippen LogP contribution is -2.55. The van der Waals surface area contributed by atoms with Crippen molar-refractivity contribution in [3.8, 4) is 0 Å². The van der Waals surface area contributed by atoms with Gasteiger partial charge in [-0.3, -0.25) is 9.59 Å². The van der Waals surface area contributed by atoms with Crippen molar-refractivity contribution >= 4 is 17.7 Å². The molecule has 0 radical (unpaired) electrons. The Morgan fingerprint density at radius 1 is 1.55 bits per heavy atom. The minimum absolute atomic E-state index is 0.115. The van der Waals surface area contributed by atoms with Crippen LogP contribution in [-0.2, 0) is 4.79 Å². The molecule has 0 bridgehead atoms. The van der Waals surface area contributed by atoms with Gasteiger partial charge in [0.1, 0.15) is 5.82 Å². The van der Waals surface area contributed by atoms with E-state index < -0.39 is 23.4 Å². The first kappa shape index (κ1) is 16.2. The number of aliphatic carboxylic acids is 1. The third-order valence-electron chi connectivity index (χ3n) is 4.33. The molecule has 0 aliphatic carbocycles. The Bertz CT molecular complexity index is 578. The van der Waals surface area contributed by atoms with Gasteiger partial charge in [-0.2, -0.15) is 0 Å². The maximum Gasteiger partial charge on any atom is 0.312 e. The number of aliphatic hydroxyl groups excluding tert-OH is 1. The van der Waals surface area contributed by atoms with Crippen molar-refractivity contribution in [2.24, 2.45) is 11.1 Å². The highest BCUT2D eigenvalue weighted by Gasteiger charge is 2.48. The first-order valence-corrected chi connectivity index (χ1v) is 7.33. The van der Waals surface area contributed by atoms with Gasteiger partial charge in [-0.1, -0.05) is 13.3 Å². The standard InChI is InChI=1S/C15H21N3O4/c1-2-5-15(14(21)22)6-8-18(9-11(15)19)13-10(12(16)20)4-3-7-17-13/h3-4,7,11,19H,2,5-6,8-9H2,1H3,(H2,16,20)(H,21,22)/t11-,15-/m0/s1. The summed E-state index contributed by atoms with van der Waals surface area (Å²) in [5, 5.41) is 19.9. The largest absolute Gasteiger partial charge is 0.481 e. The number of carboxylic acids is 1. The number of hydrogen-bond donors (Lipinski definition) is 3. The average Bonchev–Trinajstić information content (AvgIpc) is 2.49. The summed E-state index contributed by atoms with van der Waals surface area (Å²) in [4.78, 5) is 29.0. The van der Waals surface area contributed by atoms with Crippen molar-refractivity contribution in [3.05, 3.63) is 23.9 Å². The Morgan fingerprint density at radius 2 is 2.27 bits per heavy atom. The third kappa shape index (κ3) is 2.76. The second-order valence-corrected chi connectivity index (χ2v) is 5.66. The molecule has 7 nitrogen and oxygen atoms in total. The number of anilines is 1. The van der Waals surface area contributed by atoms with E-state index in [2.05, 4.69) is 4.98 Å². The fraction of sp³-hybridized carbons (Fsp3) is 0.533. The maximum absolute atomic E-state index is 11.6. The van der Waals surface area contributed by atoms with Gasteiger partial charge in [0.05, 0.1) is 17.1 Å². The molecule has 1 aromatic rings. The lowest BCUT2D eigenvalue weighted by molar-refractivity contribution is -0.159. The first-order chi connectivity index (χ1) is 10.4. The second-order valence-electron chi connectivity index (χ2n) is 5.66. The van der Waals surface area contributed by atoms with Crippen LogP contribution in [0.15, 0.2) is 18.3 Å². The third-order valence-corrected chi connectivity index (χ3v) is 4.33. The number of rotatable bonds is 5. The van der Waals surface area contributed by atoms with Crippen LogP contribution in [0, 0.1) is 5.41 Å². The summed E-state index contributed by atoms with van der Waals surface area (Å²) < 4.78 is 0. The summed E-state index contributed by atoms with van der Waals surface area (Å²) in [6.07, 6.45) is 1.91. The van der Waals surface area contributed by atoms with Gasteiger partial charge in [-0.15, -0.1) is 0 Å². The number of β-amino-alcohol motifs (C(OH)–C–C–N with tert-alkyl or cyclic N) is 1. The zero-order chi connectivity index (χ0) is 16.3. The number of aromatic nitrogens is 1. The predicted octanol–water partition coefficient (Wildman–Crippen LogP) is 0.623. The Morgan fingerprint density at radius 3 is 2.82 bits per heavy atom. The minimum Gasteiger partial charge on any atom is -0.481 e. The molecule has 2 rings (SSSR count). The summed E-state index contributed by atoms with van der Waals surface area (Å²) >= 11 is 0. The fourth-order valence-corrected chi connectivity index (χ4v) is 3.10. The molecule has 2 atom stereocenters. The zero-order valence-electron chi connectivity index (χ0n) is 12.5. The number of nitrogens with two attached hydrogens (primary N) is 1. The van der Waals surface area contributed by atoms with Crippen molar-refractivity contribution in [1.82, 2.24) is 4.98 Å². The van der Waals surface area contributed by atoms with Crippen molar-refractivity contribution in [1.29, 1.82) is 0 Å². The first-order valence-electron chi connectivity index (χ1n) is 7.33. The number of amides is 1. The lowest BCUT2D eigenvalue weighted by Gasteiger charge is -2.43. The van der Waals surface area contributed by atoms with Crippen molar-refractivity contribution in [3.63, 3.8) is 0 Å². The van der Waals surface area contributed by atoms with Crippen LogP contribution in [0.4, 0.5) is 5.82 Å². The lowest BCUT2D eigenvalue weighted by atomic mass is 9.73. The number of carbonyl (C=O) groups excluding carboxylic acids is 1. The molecular weight excluding hydrogens is 286 g/mol. The van der Waals surface area contributed by atoms with Gasteiger partial charge in [-0.05, 0) is 25.0 Å². The van der Waals surface area contributed by atoms with E-state index in [1.54, 1.807) is 23.2 Å². The number of carboxylic acid groups (broad SMARTS) is 1. The van der Waals surface area contributed by atoms with E-state index in [1.165, 1.54) is 0 Å². The van der Waals surface area contributed by atoms with Crippen molar-refractivity contribution in [2.75, 3.05) is 18.0 Å². The summed E-state index contributed by atoms with van der Waals surface area (Å²) in [6.45, 7) is 2.41. The summed E-state index contributed by atoms with van der Waals surface area (Å²) in [5.74, 6) is -1.18. The van der Waals surface area contributed by atoms with Crippen LogP contribution in [0.5, 0.6) is 0 Å². The number of nitrogens with zero attached hydrogens (tertiary/aromatic N) is 2. The van der Waals surface area contributed by atoms with Crippen LogP contribution in [0.1, 0.15) is 36.5 Å². The molecular formula is C15H21N3O4. The number of pyridine rings is 1. The van der Waals surface area contributed by atoms with Crippen molar-refractivity contribution in [2.45, 2.75) is 32.3 Å². The molecule has 1 aliphatic heterocycles. The molecule has 0 aromatic carbocycles. The summed E-state index contributed by atoms with van der Waals surface area (Å²) in [7, 11) is 0. The monoisotopic (exact) mass is 307 g/mol. The fourth-order valence-electron chi connectivity index (χ4n) is 3.10. The Kier molecular flexibility index (Phi) is 4.65. The SMILES string of the molecule is CCC[C@]1(C(=O)O)CCN(c2ncccc2C(N)=O)C[C@@H]1O. The molecule has 0 saturated carbocycles. The minimum atomic E-state index is -1.13. The quantitative estimate of drug-likeness (QED) is 0.734. The molecule has 1 fully saturated rings. The molecule has 1 aromatic heterocycles. The zero-order valence-corrected chi connectivity index (χ0v) is 12.5. The molecule has 1 aliphatic rings. The molecule has 4 N–H and O–H groups in total. The predicted molar refractivity (Wildman–Crippen MR) is 80.6 cm³/mol. The summed E-state index contributed by atoms with van der Waals surface area (Å²) in [5.41, 5.74) is 4.48. The van der Waals surface area contributed by atoms with Crippen LogP contribution in [0.3, 0.4) is 0 Å². The van der Waals surface area contributed by atoms with Gasteiger partial charge in [0.15, 0.2) is 0 Å². The van der Waals surface area contributed by atoms with Crippen LogP contribution >= 0.6 is 0 Å². The molecule has 7 heteroatoms. The van der Waals surface area contributed by atoms with E-state index in [1.807, 2.05) is 6.92 Å². The normalized spacial score (nSPS) is 25.0. The Labute approximate surface area is 128 Å². The van der Waals surface area contributed by atoms with Crippen LogP contribution in [0.2, 0.25) is 0 Å². The number of aliphatic hydroxyl groups is 1. The van der Waals surface area contributed by atoms with E-state index >= 15 is 0 Å². The van der Waals surface area contributed by atoms with Gasteiger partial charge in [-0.25, -0.2) is 4.98 Å². The Hall–Kier alpha value is -2.15. The maximum atomic E-state index is 11.6. The number of carbonyl (C=O) groups is 2. The highest BCUT2D eigenvalue weighted by Crippen LogP contribution is 2.38. The molecule has 0 spiro atoms. The van der Waals surface area contributed by atoms with Crippen LogP contribution < -0.4 is 10.6 Å². The Balaban J connectivity index is 2.27. The molecule has 1 saturated heterocycles. The molecule has 0 unspecified atom stereocenters. The smallest absolute Gasteiger partial charge is 0.312 e. The van der Waals surface area contributed by atoms with Crippen molar-refractivity contribution < 1.29 is 19.8 Å². The molecule has 1 amide bonds. The second kappa shape index (κ2) is 6.31. The van der Waals surface area contributed by atoms with Gasteiger partial charge < -0.3 is 20.8 Å². The van der Waals surface area contributed by atoms with E-state index in [-0.39, 0.29) is 12.1 Å². The van der Waals surface area contributed by atoms with Gasteiger partial charge in [0.2, 0.25) is 0 Å². The number of primary amides is 1. The van der Waals surface area contributed by atoms with Crippen LogP contribution in [-0.4, -0.2) is 46.3 Å². The molecule has 120 valence electrons. The average molecular weight is 307 g/mol. The van der Waals surface area contributed by atoms with E-state index in [0.29, 0.717) is 31.6 Å². The van der Waals surface area contributed by atoms with E-state index in [9.17, 15) is 19.8 Å². The highest BCUT2D eigenvalue weighted by molar-refractivity contribution is 5.97. The highest BCUT2D eigenvalue weighted by atomic mass is 16.4. The van der Waals surface area contributed by atoms with Gasteiger partial charge in [0, 0.05) is 19.3 Å². The summed E-state index contributed by atoms with van der Waals surface area (Å²) in [6, 6.07) is 3.19. The van der Waals surface area contributed by atoms with Crippen LogP contribution in [0.25, 0.3) is 0 Å².